The number of carbonyl (C=O) groups excluding carboxylic acids is 1. The normalized spacial score (nSPS) is 17.5. The number of rotatable bonds is 8. The summed E-state index contributed by atoms with van der Waals surface area (Å²) in [5, 5.41) is 15.0. The molecule has 0 spiro atoms. The fourth-order valence-electron chi connectivity index (χ4n) is 1.68. The Kier molecular flexibility index (Phi) is 5.77. The van der Waals surface area contributed by atoms with Crippen LogP contribution in [0, 0.1) is 11.8 Å². The molecule has 4 nitrogen and oxygen atoms in total. The Balaban J connectivity index is 2.11. The molecule has 0 radical (unpaired) electrons. The Hall–Kier alpha value is -0.610. The van der Waals surface area contributed by atoms with Gasteiger partial charge in [0.1, 0.15) is 0 Å². The third kappa shape index (κ3) is 5.47. The average molecular weight is 228 g/mol. The molecule has 1 aliphatic rings. The van der Waals surface area contributed by atoms with E-state index in [2.05, 4.69) is 24.5 Å². The molecule has 4 heteroatoms. The van der Waals surface area contributed by atoms with Gasteiger partial charge in [-0.05, 0) is 31.1 Å². The number of amides is 1. The van der Waals surface area contributed by atoms with E-state index in [1.54, 1.807) is 0 Å². The van der Waals surface area contributed by atoms with Crippen LogP contribution >= 0.6 is 0 Å². The predicted molar refractivity (Wildman–Crippen MR) is 64.1 cm³/mol. The summed E-state index contributed by atoms with van der Waals surface area (Å²) in [5.74, 6) is 1.22. The van der Waals surface area contributed by atoms with Crippen LogP contribution in [0.5, 0.6) is 0 Å². The molecule has 0 aromatic rings. The van der Waals surface area contributed by atoms with Crippen LogP contribution in [0.1, 0.15) is 33.1 Å². The van der Waals surface area contributed by atoms with Gasteiger partial charge in [0.2, 0.25) is 5.91 Å². The Bertz CT molecular complexity index is 215. The van der Waals surface area contributed by atoms with Crippen LogP contribution in [-0.2, 0) is 4.79 Å². The molecule has 16 heavy (non-hydrogen) atoms. The largest absolute Gasteiger partial charge is 0.396 e. The molecular weight excluding hydrogens is 204 g/mol. The number of carbonyl (C=O) groups is 1. The molecule has 94 valence electrons. The summed E-state index contributed by atoms with van der Waals surface area (Å²) in [6.45, 7) is 5.53. The van der Waals surface area contributed by atoms with Crippen molar-refractivity contribution in [2.24, 2.45) is 11.8 Å². The first-order chi connectivity index (χ1) is 7.63. The zero-order chi connectivity index (χ0) is 12.0. The summed E-state index contributed by atoms with van der Waals surface area (Å²) in [6, 6.07) is 0.219. The van der Waals surface area contributed by atoms with Gasteiger partial charge in [-0.25, -0.2) is 0 Å². The molecule has 0 aliphatic heterocycles. The highest BCUT2D eigenvalue weighted by Crippen LogP contribution is 2.27. The van der Waals surface area contributed by atoms with E-state index in [0.717, 1.165) is 12.5 Å². The van der Waals surface area contributed by atoms with Gasteiger partial charge in [-0.15, -0.1) is 0 Å². The SMILES string of the molecule is CC(C)C(CCO)NCC(=O)NCC1CC1. The monoisotopic (exact) mass is 228 g/mol. The average Bonchev–Trinajstić information content (AvgIpc) is 3.04. The van der Waals surface area contributed by atoms with E-state index < -0.39 is 0 Å². The molecule has 1 saturated carbocycles. The minimum absolute atomic E-state index is 0.0653. The fraction of sp³-hybridized carbons (Fsp3) is 0.917. The molecule has 1 amide bonds. The zero-order valence-electron chi connectivity index (χ0n) is 10.3. The molecule has 0 bridgehead atoms. The quantitative estimate of drug-likeness (QED) is 0.567. The van der Waals surface area contributed by atoms with Crippen molar-refractivity contribution >= 4 is 5.91 Å². The van der Waals surface area contributed by atoms with E-state index >= 15 is 0 Å². The molecular formula is C12H24N2O2. The first-order valence-corrected chi connectivity index (χ1v) is 6.24. The lowest BCUT2D eigenvalue weighted by Crippen LogP contribution is -2.42. The highest BCUT2D eigenvalue weighted by Gasteiger charge is 2.21. The molecule has 1 rings (SSSR count). The van der Waals surface area contributed by atoms with Crippen molar-refractivity contribution in [1.29, 1.82) is 0 Å². The van der Waals surface area contributed by atoms with E-state index in [-0.39, 0.29) is 18.6 Å². The summed E-state index contributed by atoms with van der Waals surface area (Å²) < 4.78 is 0. The van der Waals surface area contributed by atoms with Gasteiger partial charge in [-0.2, -0.15) is 0 Å². The second-order valence-corrected chi connectivity index (χ2v) is 4.99. The van der Waals surface area contributed by atoms with Crippen molar-refractivity contribution < 1.29 is 9.90 Å². The number of nitrogens with one attached hydrogen (secondary N) is 2. The van der Waals surface area contributed by atoms with Crippen LogP contribution < -0.4 is 10.6 Å². The Labute approximate surface area is 97.8 Å². The van der Waals surface area contributed by atoms with Crippen LogP contribution in [0.25, 0.3) is 0 Å². The van der Waals surface area contributed by atoms with E-state index in [0.29, 0.717) is 18.9 Å². The second kappa shape index (κ2) is 6.86. The number of hydrogen-bond donors (Lipinski definition) is 3. The summed E-state index contributed by atoms with van der Waals surface area (Å²) in [5.41, 5.74) is 0. The smallest absolute Gasteiger partial charge is 0.233 e. The van der Waals surface area contributed by atoms with Gasteiger partial charge < -0.3 is 15.7 Å². The molecule has 0 saturated heterocycles. The van der Waals surface area contributed by atoms with Crippen molar-refractivity contribution in [2.75, 3.05) is 19.7 Å². The standard InChI is InChI=1S/C12H24N2O2/c1-9(2)11(5-6-15)13-8-12(16)14-7-10-3-4-10/h9-11,13,15H,3-8H2,1-2H3,(H,14,16). The van der Waals surface area contributed by atoms with Crippen molar-refractivity contribution in [3.05, 3.63) is 0 Å². The van der Waals surface area contributed by atoms with Crippen LogP contribution in [0.15, 0.2) is 0 Å². The maximum absolute atomic E-state index is 11.5. The van der Waals surface area contributed by atoms with Crippen LogP contribution in [0.3, 0.4) is 0 Å². The van der Waals surface area contributed by atoms with Gasteiger partial charge in [0.15, 0.2) is 0 Å². The minimum atomic E-state index is 0.0653. The molecule has 1 atom stereocenters. The molecule has 1 unspecified atom stereocenters. The third-order valence-corrected chi connectivity index (χ3v) is 3.05. The van der Waals surface area contributed by atoms with E-state index in [4.69, 9.17) is 5.11 Å². The predicted octanol–water partition coefficient (Wildman–Crippen LogP) is 0.509. The van der Waals surface area contributed by atoms with Gasteiger partial charge in [0.25, 0.3) is 0 Å². The van der Waals surface area contributed by atoms with E-state index in [1.165, 1.54) is 12.8 Å². The molecule has 1 aliphatic carbocycles. The lowest BCUT2D eigenvalue weighted by molar-refractivity contribution is -0.120. The zero-order valence-corrected chi connectivity index (χ0v) is 10.3. The summed E-state index contributed by atoms with van der Waals surface area (Å²) >= 11 is 0. The lowest BCUT2D eigenvalue weighted by Gasteiger charge is -2.21. The van der Waals surface area contributed by atoms with Crippen LogP contribution in [0.2, 0.25) is 0 Å². The van der Waals surface area contributed by atoms with Crippen LogP contribution in [0.4, 0.5) is 0 Å². The number of aliphatic hydroxyl groups is 1. The number of hydrogen-bond acceptors (Lipinski definition) is 3. The minimum Gasteiger partial charge on any atom is -0.396 e. The summed E-state index contributed by atoms with van der Waals surface area (Å²) in [6.07, 6.45) is 3.22. The van der Waals surface area contributed by atoms with Gasteiger partial charge >= 0.3 is 0 Å². The van der Waals surface area contributed by atoms with Crippen molar-refractivity contribution in [3.8, 4) is 0 Å². The van der Waals surface area contributed by atoms with Gasteiger partial charge in [-0.3, -0.25) is 4.79 Å². The van der Waals surface area contributed by atoms with Crippen molar-refractivity contribution in [3.63, 3.8) is 0 Å². The molecule has 1 fully saturated rings. The molecule has 0 aromatic heterocycles. The third-order valence-electron chi connectivity index (χ3n) is 3.05. The van der Waals surface area contributed by atoms with Gasteiger partial charge in [0.05, 0.1) is 6.54 Å². The first-order valence-electron chi connectivity index (χ1n) is 6.24. The summed E-state index contributed by atoms with van der Waals surface area (Å²) in [4.78, 5) is 11.5. The van der Waals surface area contributed by atoms with Crippen molar-refractivity contribution in [2.45, 2.75) is 39.2 Å². The molecule has 3 N–H and O–H groups in total. The maximum Gasteiger partial charge on any atom is 0.233 e. The first kappa shape index (κ1) is 13.5. The fourth-order valence-corrected chi connectivity index (χ4v) is 1.68. The Morgan fingerprint density at radius 2 is 2.12 bits per heavy atom. The second-order valence-electron chi connectivity index (χ2n) is 4.99. The van der Waals surface area contributed by atoms with Crippen LogP contribution in [-0.4, -0.2) is 36.8 Å². The van der Waals surface area contributed by atoms with E-state index in [9.17, 15) is 4.79 Å². The van der Waals surface area contributed by atoms with Crippen molar-refractivity contribution in [1.82, 2.24) is 10.6 Å². The lowest BCUT2D eigenvalue weighted by atomic mass is 10.0. The van der Waals surface area contributed by atoms with Gasteiger partial charge in [-0.1, -0.05) is 13.8 Å². The summed E-state index contributed by atoms with van der Waals surface area (Å²) in [7, 11) is 0. The topological polar surface area (TPSA) is 61.4 Å². The number of aliphatic hydroxyl groups excluding tert-OH is 1. The highest BCUT2D eigenvalue weighted by molar-refractivity contribution is 5.78. The Morgan fingerprint density at radius 1 is 1.44 bits per heavy atom. The highest BCUT2D eigenvalue weighted by atomic mass is 16.3. The van der Waals surface area contributed by atoms with E-state index in [1.807, 2.05) is 0 Å². The Morgan fingerprint density at radius 3 is 2.62 bits per heavy atom. The molecule has 0 aromatic carbocycles. The molecule has 0 heterocycles. The maximum atomic E-state index is 11.5. The van der Waals surface area contributed by atoms with Gasteiger partial charge in [0, 0.05) is 19.2 Å².